The van der Waals surface area contributed by atoms with E-state index in [9.17, 15) is 13.2 Å². The van der Waals surface area contributed by atoms with Crippen molar-refractivity contribution in [2.45, 2.75) is 11.8 Å². The summed E-state index contributed by atoms with van der Waals surface area (Å²) >= 11 is 0. The fraction of sp³-hybridized carbons (Fsp3) is 0.429. The van der Waals surface area contributed by atoms with Crippen molar-refractivity contribution >= 4 is 15.9 Å². The van der Waals surface area contributed by atoms with Gasteiger partial charge in [-0.05, 0) is 19.1 Å². The number of piperazine rings is 1. The molecule has 0 N–H and O–H groups in total. The highest BCUT2D eigenvalue weighted by Crippen LogP contribution is 2.18. The summed E-state index contributed by atoms with van der Waals surface area (Å²) in [5.41, 5.74) is 1.00. The van der Waals surface area contributed by atoms with Crippen molar-refractivity contribution < 1.29 is 13.2 Å². The predicted octanol–water partition coefficient (Wildman–Crippen LogP) is 0.747. The molecule has 0 unspecified atom stereocenters. The van der Waals surface area contributed by atoms with Crippen LogP contribution in [0.2, 0.25) is 0 Å². The Morgan fingerprint density at radius 1 is 1.19 bits per heavy atom. The Labute approximate surface area is 124 Å². The molecule has 1 aromatic rings. The van der Waals surface area contributed by atoms with Crippen LogP contribution in [0.5, 0.6) is 0 Å². The molecule has 1 fully saturated rings. The number of aryl methyl sites for hydroxylation is 1. The summed E-state index contributed by atoms with van der Waals surface area (Å²) in [5, 5.41) is 0. The molecule has 1 amide bonds. The Morgan fingerprint density at radius 2 is 1.76 bits per heavy atom. The fourth-order valence-electron chi connectivity index (χ4n) is 2.20. The number of rotatable bonds is 3. The average Bonchev–Trinajstić information content (AvgIpc) is 2.48. The van der Waals surface area contributed by atoms with Crippen molar-refractivity contribution in [1.82, 2.24) is 9.21 Å². The lowest BCUT2D eigenvalue weighted by atomic mass is 10.2. The van der Waals surface area contributed by atoms with Crippen LogP contribution in [0.1, 0.15) is 5.56 Å². The van der Waals surface area contributed by atoms with Gasteiger partial charge in [-0.3, -0.25) is 4.79 Å². The van der Waals surface area contributed by atoms with E-state index in [1.807, 2.05) is 6.92 Å². The van der Waals surface area contributed by atoms with Gasteiger partial charge in [-0.15, -0.1) is 0 Å². The van der Waals surface area contributed by atoms with Gasteiger partial charge in [-0.25, -0.2) is 15.0 Å². The van der Waals surface area contributed by atoms with Crippen molar-refractivity contribution in [1.29, 1.82) is 0 Å². The molecule has 112 valence electrons. The fourth-order valence-corrected chi connectivity index (χ4v) is 3.63. The van der Waals surface area contributed by atoms with Gasteiger partial charge in [-0.2, -0.15) is 4.31 Å². The summed E-state index contributed by atoms with van der Waals surface area (Å²) in [6.45, 7) is 9.61. The smallest absolute Gasteiger partial charge is 0.302 e. The van der Waals surface area contributed by atoms with Crippen LogP contribution >= 0.6 is 0 Å². The number of hydrogen-bond donors (Lipinski definition) is 0. The van der Waals surface area contributed by atoms with Gasteiger partial charge in [0.15, 0.2) is 0 Å². The normalized spacial score (nSPS) is 16.5. The molecule has 0 atom stereocenters. The van der Waals surface area contributed by atoms with E-state index in [0.717, 1.165) is 5.56 Å². The van der Waals surface area contributed by atoms with Crippen LogP contribution in [0, 0.1) is 13.5 Å². The summed E-state index contributed by atoms with van der Waals surface area (Å²) in [6.07, 6.45) is 0. The molecule has 0 saturated carbocycles. The van der Waals surface area contributed by atoms with E-state index >= 15 is 0 Å². The van der Waals surface area contributed by atoms with E-state index in [0.29, 0.717) is 13.1 Å². The molecule has 21 heavy (non-hydrogen) atoms. The molecule has 6 nitrogen and oxygen atoms in total. The number of benzene rings is 1. The zero-order chi connectivity index (χ0) is 15.5. The van der Waals surface area contributed by atoms with Crippen molar-refractivity contribution in [3.8, 4) is 0 Å². The third-order valence-corrected chi connectivity index (χ3v) is 5.38. The highest BCUT2D eigenvalue weighted by Gasteiger charge is 2.30. The Kier molecular flexibility index (Phi) is 4.60. The zero-order valence-corrected chi connectivity index (χ0v) is 12.6. The number of amides is 1. The second kappa shape index (κ2) is 6.24. The van der Waals surface area contributed by atoms with Crippen molar-refractivity contribution in [2.24, 2.45) is 0 Å². The Morgan fingerprint density at radius 3 is 2.29 bits per heavy atom. The molecule has 0 aromatic heterocycles. The molecule has 0 spiro atoms. The molecule has 1 heterocycles. The van der Waals surface area contributed by atoms with Gasteiger partial charge >= 0.3 is 5.91 Å². The van der Waals surface area contributed by atoms with Crippen molar-refractivity contribution in [3.63, 3.8) is 0 Å². The van der Waals surface area contributed by atoms with Crippen LogP contribution in [-0.4, -0.2) is 56.3 Å². The molecule has 2 rings (SSSR count). The third-order valence-electron chi connectivity index (χ3n) is 3.46. The number of carbonyl (C=O) groups is 1. The van der Waals surface area contributed by atoms with Crippen LogP contribution in [0.4, 0.5) is 0 Å². The summed E-state index contributed by atoms with van der Waals surface area (Å²) < 4.78 is 26.3. The highest BCUT2D eigenvalue weighted by atomic mass is 32.2. The molecule has 0 bridgehead atoms. The summed E-state index contributed by atoms with van der Waals surface area (Å²) in [7, 11) is -3.51. The van der Waals surface area contributed by atoms with Crippen LogP contribution in [0.25, 0.3) is 4.85 Å². The highest BCUT2D eigenvalue weighted by molar-refractivity contribution is 7.89. The van der Waals surface area contributed by atoms with Crippen molar-refractivity contribution in [2.75, 3.05) is 32.7 Å². The molecule has 7 heteroatoms. The monoisotopic (exact) mass is 307 g/mol. The minimum atomic E-state index is -3.51. The third kappa shape index (κ3) is 3.40. The zero-order valence-electron chi connectivity index (χ0n) is 11.8. The lowest BCUT2D eigenvalue weighted by Crippen LogP contribution is -2.50. The molecule has 1 aliphatic heterocycles. The van der Waals surface area contributed by atoms with Crippen LogP contribution < -0.4 is 0 Å². The quantitative estimate of drug-likeness (QED) is 0.774. The lowest BCUT2D eigenvalue weighted by molar-refractivity contribution is -0.130. The first kappa shape index (κ1) is 15.5. The minimum absolute atomic E-state index is 0.176. The molecular weight excluding hydrogens is 290 g/mol. The van der Waals surface area contributed by atoms with Gasteiger partial charge in [0.25, 0.3) is 6.54 Å². The number of hydrogen-bond acceptors (Lipinski definition) is 3. The molecule has 1 aliphatic rings. The SMILES string of the molecule is [C-]#[N+]CC(=O)N1CCN(S(=O)(=O)c2ccc(C)cc2)CC1. The second-order valence-electron chi connectivity index (χ2n) is 4.91. The van der Waals surface area contributed by atoms with E-state index in [1.165, 1.54) is 4.31 Å². The van der Waals surface area contributed by atoms with Crippen molar-refractivity contribution in [3.05, 3.63) is 41.2 Å². The first-order valence-corrected chi connectivity index (χ1v) is 8.07. The molecule has 0 aliphatic carbocycles. The first-order valence-electron chi connectivity index (χ1n) is 6.63. The molecule has 1 saturated heterocycles. The van der Waals surface area contributed by atoms with Crippen LogP contribution in [0.15, 0.2) is 29.2 Å². The largest absolute Gasteiger partial charge is 0.334 e. The maximum atomic E-state index is 12.5. The van der Waals surface area contributed by atoms with E-state index < -0.39 is 10.0 Å². The lowest BCUT2D eigenvalue weighted by Gasteiger charge is -2.33. The molecular formula is C14H17N3O3S. The standard InChI is InChI=1S/C14H17N3O3S/c1-12-3-5-13(6-4-12)21(19,20)17-9-7-16(8-10-17)14(18)11-15-2/h3-6H,7-11H2,1H3. The number of nitrogens with zero attached hydrogens (tertiary/aromatic N) is 3. The maximum absolute atomic E-state index is 12.5. The van der Waals surface area contributed by atoms with Gasteiger partial charge in [-0.1, -0.05) is 17.7 Å². The number of sulfonamides is 1. The summed E-state index contributed by atoms with van der Waals surface area (Å²) in [4.78, 5) is 16.5. The van der Waals surface area contributed by atoms with E-state index in [4.69, 9.17) is 6.57 Å². The summed E-state index contributed by atoms with van der Waals surface area (Å²) in [6, 6.07) is 6.73. The Hall–Kier alpha value is -1.91. The Balaban J connectivity index is 2.06. The van der Waals surface area contributed by atoms with Gasteiger partial charge in [0.05, 0.1) is 4.90 Å². The predicted molar refractivity (Wildman–Crippen MR) is 78.0 cm³/mol. The molecule has 0 radical (unpaired) electrons. The molecule has 1 aromatic carbocycles. The van der Waals surface area contributed by atoms with Crippen LogP contribution in [-0.2, 0) is 14.8 Å². The number of carbonyl (C=O) groups excluding carboxylic acids is 1. The van der Waals surface area contributed by atoms with Gasteiger partial charge in [0.1, 0.15) is 0 Å². The van der Waals surface area contributed by atoms with Gasteiger partial charge in [0, 0.05) is 26.2 Å². The first-order chi connectivity index (χ1) is 9.95. The van der Waals surface area contributed by atoms with Crippen LogP contribution in [0.3, 0.4) is 0 Å². The maximum Gasteiger partial charge on any atom is 0.302 e. The minimum Gasteiger partial charge on any atom is -0.334 e. The van der Waals surface area contributed by atoms with E-state index in [2.05, 4.69) is 4.85 Å². The van der Waals surface area contributed by atoms with Gasteiger partial charge in [0.2, 0.25) is 10.0 Å². The van der Waals surface area contributed by atoms with Gasteiger partial charge < -0.3 is 9.74 Å². The average molecular weight is 307 g/mol. The van der Waals surface area contributed by atoms with E-state index in [-0.39, 0.29) is 30.4 Å². The second-order valence-corrected chi connectivity index (χ2v) is 6.85. The summed E-state index contributed by atoms with van der Waals surface area (Å²) in [5.74, 6) is -0.239. The van der Waals surface area contributed by atoms with E-state index in [1.54, 1.807) is 29.2 Å². The topological polar surface area (TPSA) is 62.1 Å². The Bertz CT molecular complexity index is 654.